The third kappa shape index (κ3) is 3.17. The lowest BCUT2D eigenvalue weighted by atomic mass is 10.0. The monoisotopic (exact) mass is 275 g/mol. The molecule has 2 N–H and O–H groups in total. The molecule has 0 spiro atoms. The SMILES string of the molecule is Cc1cc(C(N)c2ccccc2OC(C)C)sc1C. The highest BCUT2D eigenvalue weighted by Crippen LogP contribution is 2.33. The number of thiophene rings is 1. The molecular formula is C16H21NOS. The third-order valence-corrected chi connectivity index (χ3v) is 4.34. The molecule has 2 aromatic rings. The van der Waals surface area contributed by atoms with Crippen LogP contribution in [0.4, 0.5) is 0 Å². The summed E-state index contributed by atoms with van der Waals surface area (Å²) in [5.74, 6) is 0.883. The number of hydrogen-bond donors (Lipinski definition) is 1. The van der Waals surface area contributed by atoms with Gasteiger partial charge in [-0.2, -0.15) is 0 Å². The fourth-order valence-electron chi connectivity index (χ4n) is 2.01. The molecule has 0 saturated heterocycles. The molecule has 1 heterocycles. The van der Waals surface area contributed by atoms with Gasteiger partial charge in [0.05, 0.1) is 12.1 Å². The van der Waals surface area contributed by atoms with Crippen molar-refractivity contribution in [2.45, 2.75) is 39.8 Å². The van der Waals surface area contributed by atoms with Crippen LogP contribution in [-0.4, -0.2) is 6.10 Å². The summed E-state index contributed by atoms with van der Waals surface area (Å²) in [6.45, 7) is 8.31. The maximum absolute atomic E-state index is 6.41. The molecular weight excluding hydrogens is 254 g/mol. The summed E-state index contributed by atoms with van der Waals surface area (Å²) in [7, 11) is 0. The number of rotatable bonds is 4. The average molecular weight is 275 g/mol. The van der Waals surface area contributed by atoms with E-state index in [4.69, 9.17) is 10.5 Å². The first-order valence-electron chi connectivity index (χ1n) is 6.57. The zero-order chi connectivity index (χ0) is 14.0. The molecule has 0 radical (unpaired) electrons. The minimum absolute atomic E-state index is 0.118. The lowest BCUT2D eigenvalue weighted by Gasteiger charge is -2.18. The van der Waals surface area contributed by atoms with Crippen LogP contribution >= 0.6 is 11.3 Å². The second kappa shape index (κ2) is 5.76. The Bertz CT molecular complexity index is 540. The van der Waals surface area contributed by atoms with Gasteiger partial charge in [-0.05, 0) is 45.4 Å². The van der Waals surface area contributed by atoms with Crippen molar-refractivity contribution in [3.05, 3.63) is 51.2 Å². The molecule has 102 valence electrons. The molecule has 0 amide bonds. The van der Waals surface area contributed by atoms with Crippen molar-refractivity contribution in [2.75, 3.05) is 0 Å². The lowest BCUT2D eigenvalue weighted by molar-refractivity contribution is 0.239. The number of nitrogens with two attached hydrogens (primary N) is 1. The first-order chi connectivity index (χ1) is 8.99. The van der Waals surface area contributed by atoms with E-state index in [0.29, 0.717) is 0 Å². The fourth-order valence-corrected chi connectivity index (χ4v) is 3.07. The van der Waals surface area contributed by atoms with Gasteiger partial charge < -0.3 is 10.5 Å². The van der Waals surface area contributed by atoms with Crippen LogP contribution in [-0.2, 0) is 0 Å². The first-order valence-corrected chi connectivity index (χ1v) is 7.38. The van der Waals surface area contributed by atoms with Crippen LogP contribution in [0.1, 0.15) is 40.8 Å². The topological polar surface area (TPSA) is 35.2 Å². The Kier molecular flexibility index (Phi) is 4.27. The molecule has 0 bridgehead atoms. The Labute approximate surface area is 119 Å². The van der Waals surface area contributed by atoms with E-state index in [1.807, 2.05) is 38.1 Å². The van der Waals surface area contributed by atoms with E-state index in [2.05, 4.69) is 19.9 Å². The van der Waals surface area contributed by atoms with Gasteiger partial charge in [-0.25, -0.2) is 0 Å². The predicted molar refractivity (Wildman–Crippen MR) is 82.0 cm³/mol. The van der Waals surface area contributed by atoms with Crippen LogP contribution in [0.15, 0.2) is 30.3 Å². The molecule has 0 aliphatic rings. The molecule has 19 heavy (non-hydrogen) atoms. The van der Waals surface area contributed by atoms with Crippen LogP contribution in [0.2, 0.25) is 0 Å². The summed E-state index contributed by atoms with van der Waals surface area (Å²) < 4.78 is 5.85. The van der Waals surface area contributed by atoms with Gasteiger partial charge in [0, 0.05) is 15.3 Å². The Morgan fingerprint density at radius 3 is 2.42 bits per heavy atom. The van der Waals surface area contributed by atoms with Gasteiger partial charge in [-0.15, -0.1) is 11.3 Å². The second-order valence-electron chi connectivity index (χ2n) is 5.07. The molecule has 1 aromatic heterocycles. The molecule has 0 aliphatic carbocycles. The Balaban J connectivity index is 2.35. The van der Waals surface area contributed by atoms with Crippen molar-refractivity contribution >= 4 is 11.3 Å². The number of para-hydroxylation sites is 1. The van der Waals surface area contributed by atoms with Crippen molar-refractivity contribution in [3.8, 4) is 5.75 Å². The van der Waals surface area contributed by atoms with Crippen LogP contribution in [0, 0.1) is 13.8 Å². The maximum Gasteiger partial charge on any atom is 0.124 e. The number of aryl methyl sites for hydroxylation is 2. The number of benzene rings is 1. The van der Waals surface area contributed by atoms with E-state index < -0.39 is 0 Å². The summed E-state index contributed by atoms with van der Waals surface area (Å²) >= 11 is 1.76. The normalized spacial score (nSPS) is 12.7. The summed E-state index contributed by atoms with van der Waals surface area (Å²) in [5, 5.41) is 0. The summed E-state index contributed by atoms with van der Waals surface area (Å²) in [6, 6.07) is 10.1. The molecule has 2 nitrogen and oxygen atoms in total. The van der Waals surface area contributed by atoms with Gasteiger partial charge in [0.25, 0.3) is 0 Å². The second-order valence-corrected chi connectivity index (χ2v) is 6.36. The molecule has 0 fully saturated rings. The van der Waals surface area contributed by atoms with E-state index in [9.17, 15) is 0 Å². The smallest absolute Gasteiger partial charge is 0.124 e. The van der Waals surface area contributed by atoms with Gasteiger partial charge in [-0.1, -0.05) is 18.2 Å². The van der Waals surface area contributed by atoms with Crippen molar-refractivity contribution in [3.63, 3.8) is 0 Å². The van der Waals surface area contributed by atoms with Crippen LogP contribution in [0.5, 0.6) is 5.75 Å². The Hall–Kier alpha value is -1.32. The summed E-state index contributed by atoms with van der Waals surface area (Å²) in [4.78, 5) is 2.52. The minimum Gasteiger partial charge on any atom is -0.491 e. The lowest BCUT2D eigenvalue weighted by Crippen LogP contribution is -2.14. The van der Waals surface area contributed by atoms with Crippen molar-refractivity contribution in [1.29, 1.82) is 0 Å². The van der Waals surface area contributed by atoms with E-state index in [-0.39, 0.29) is 12.1 Å². The zero-order valence-corrected chi connectivity index (χ0v) is 12.8. The number of ether oxygens (including phenoxy) is 1. The molecule has 1 aromatic carbocycles. The van der Waals surface area contributed by atoms with Gasteiger partial charge in [0.15, 0.2) is 0 Å². The molecule has 0 saturated carbocycles. The van der Waals surface area contributed by atoms with Gasteiger partial charge in [0.2, 0.25) is 0 Å². The first kappa shape index (κ1) is 14.1. The highest BCUT2D eigenvalue weighted by Gasteiger charge is 2.17. The van der Waals surface area contributed by atoms with Crippen molar-refractivity contribution in [2.24, 2.45) is 5.73 Å². The predicted octanol–water partition coefficient (Wildman–Crippen LogP) is 4.20. The molecule has 3 heteroatoms. The molecule has 2 rings (SSSR count). The zero-order valence-electron chi connectivity index (χ0n) is 11.9. The van der Waals surface area contributed by atoms with E-state index >= 15 is 0 Å². The minimum atomic E-state index is -0.118. The standard InChI is InChI=1S/C16H21NOS/c1-10(2)18-14-8-6-5-7-13(14)16(17)15-9-11(3)12(4)19-15/h5-10,16H,17H2,1-4H3. The van der Waals surface area contributed by atoms with E-state index in [1.165, 1.54) is 15.3 Å². The van der Waals surface area contributed by atoms with Crippen LogP contribution in [0.25, 0.3) is 0 Å². The summed E-state index contributed by atoms with van der Waals surface area (Å²) in [5.41, 5.74) is 8.76. The van der Waals surface area contributed by atoms with Gasteiger partial charge in [0.1, 0.15) is 5.75 Å². The Morgan fingerprint density at radius 2 is 1.84 bits per heavy atom. The molecule has 1 atom stereocenters. The highest BCUT2D eigenvalue weighted by atomic mass is 32.1. The Morgan fingerprint density at radius 1 is 1.16 bits per heavy atom. The maximum atomic E-state index is 6.41. The van der Waals surface area contributed by atoms with E-state index in [0.717, 1.165) is 11.3 Å². The van der Waals surface area contributed by atoms with E-state index in [1.54, 1.807) is 11.3 Å². The molecule has 0 aliphatic heterocycles. The van der Waals surface area contributed by atoms with Gasteiger partial charge in [-0.3, -0.25) is 0 Å². The van der Waals surface area contributed by atoms with Crippen molar-refractivity contribution in [1.82, 2.24) is 0 Å². The van der Waals surface area contributed by atoms with Crippen LogP contribution in [0.3, 0.4) is 0 Å². The fraction of sp³-hybridized carbons (Fsp3) is 0.375. The summed E-state index contributed by atoms with van der Waals surface area (Å²) in [6.07, 6.45) is 0.153. The largest absolute Gasteiger partial charge is 0.491 e. The van der Waals surface area contributed by atoms with Gasteiger partial charge >= 0.3 is 0 Å². The highest BCUT2D eigenvalue weighted by molar-refractivity contribution is 7.12. The average Bonchev–Trinajstić information content (AvgIpc) is 2.69. The van der Waals surface area contributed by atoms with Crippen LogP contribution < -0.4 is 10.5 Å². The number of hydrogen-bond acceptors (Lipinski definition) is 3. The molecule has 1 unspecified atom stereocenters. The third-order valence-electron chi connectivity index (χ3n) is 3.11. The quantitative estimate of drug-likeness (QED) is 0.907. The van der Waals surface area contributed by atoms with Crippen molar-refractivity contribution < 1.29 is 4.74 Å².